The molecule has 0 spiro atoms. The molecule has 0 radical (unpaired) electrons. The van der Waals surface area contributed by atoms with Crippen LogP contribution in [0.3, 0.4) is 0 Å². The second-order valence-electron chi connectivity index (χ2n) is 3.44. The molecule has 68 valence electrons. The van der Waals surface area contributed by atoms with Crippen molar-refractivity contribution in [2.24, 2.45) is 0 Å². The fourth-order valence-corrected chi connectivity index (χ4v) is 1.93. The topological polar surface area (TPSA) is 29.5 Å². The van der Waals surface area contributed by atoms with Gasteiger partial charge in [-0.15, -0.1) is 0 Å². The highest BCUT2D eigenvalue weighted by Gasteiger charge is 2.29. The Balaban J connectivity index is 2.56. The molecule has 2 nitrogen and oxygen atoms in total. The zero-order valence-corrected chi connectivity index (χ0v) is 8.00. The Bertz CT molecular complexity index is 336. The second kappa shape index (κ2) is 3.16. The van der Waals surface area contributed by atoms with Crippen LogP contribution in [-0.2, 0) is 17.7 Å². The van der Waals surface area contributed by atoms with Gasteiger partial charge in [0, 0.05) is 0 Å². The smallest absolute Gasteiger partial charge is 0.423 e. The highest BCUT2D eigenvalue weighted by atomic mass is 16.5. The molecule has 1 N–H and O–H groups in total. The van der Waals surface area contributed by atoms with E-state index in [-0.39, 0.29) is 0 Å². The number of rotatable bonds is 1. The van der Waals surface area contributed by atoms with E-state index >= 15 is 0 Å². The van der Waals surface area contributed by atoms with Crippen molar-refractivity contribution >= 4 is 12.6 Å². The monoisotopic (exact) mass is 176 g/mol. The molecule has 0 unspecified atom stereocenters. The van der Waals surface area contributed by atoms with Crippen LogP contribution >= 0.6 is 0 Å². The first-order valence-electron chi connectivity index (χ1n) is 4.65. The molecule has 1 aliphatic rings. The molecule has 1 aromatic carbocycles. The Morgan fingerprint density at radius 1 is 1.54 bits per heavy atom. The molecule has 1 aromatic rings. The van der Waals surface area contributed by atoms with E-state index in [2.05, 4.69) is 26.0 Å². The molecule has 0 aromatic heterocycles. The molecule has 0 saturated carbocycles. The Labute approximate surface area is 78.7 Å². The molecule has 0 bridgehead atoms. The van der Waals surface area contributed by atoms with E-state index in [1.807, 2.05) is 0 Å². The van der Waals surface area contributed by atoms with Crippen LogP contribution < -0.4 is 5.46 Å². The fourth-order valence-electron chi connectivity index (χ4n) is 1.93. The van der Waals surface area contributed by atoms with E-state index in [0.717, 1.165) is 17.4 Å². The quantitative estimate of drug-likeness (QED) is 0.640. The maximum atomic E-state index is 9.56. The summed E-state index contributed by atoms with van der Waals surface area (Å²) in [6.45, 7) is 4.72. The summed E-state index contributed by atoms with van der Waals surface area (Å²) < 4.78 is 5.16. The lowest BCUT2D eigenvalue weighted by Gasteiger charge is -2.08. The molecule has 0 aliphatic carbocycles. The molecule has 1 heterocycles. The van der Waals surface area contributed by atoms with Crippen molar-refractivity contribution in [2.75, 3.05) is 0 Å². The first kappa shape index (κ1) is 8.79. The van der Waals surface area contributed by atoms with Crippen molar-refractivity contribution < 1.29 is 9.68 Å². The zero-order valence-electron chi connectivity index (χ0n) is 8.00. The van der Waals surface area contributed by atoms with Crippen molar-refractivity contribution in [3.8, 4) is 0 Å². The predicted octanol–water partition coefficient (Wildman–Crippen LogP) is 0.775. The van der Waals surface area contributed by atoms with Gasteiger partial charge >= 0.3 is 7.12 Å². The van der Waals surface area contributed by atoms with Gasteiger partial charge in [0.2, 0.25) is 0 Å². The van der Waals surface area contributed by atoms with Gasteiger partial charge in [-0.2, -0.15) is 0 Å². The lowest BCUT2D eigenvalue weighted by molar-refractivity contribution is 0.275. The fraction of sp³-hybridized carbons (Fsp3) is 0.400. The summed E-state index contributed by atoms with van der Waals surface area (Å²) in [5, 5.41) is 9.56. The Morgan fingerprint density at radius 2 is 2.31 bits per heavy atom. The largest absolute Gasteiger partial charge is 0.492 e. The molecule has 0 atom stereocenters. The second-order valence-corrected chi connectivity index (χ2v) is 3.44. The van der Waals surface area contributed by atoms with Gasteiger partial charge in [0.25, 0.3) is 0 Å². The number of fused-ring (bicyclic) bond motifs is 1. The minimum atomic E-state index is -0.707. The summed E-state index contributed by atoms with van der Waals surface area (Å²) in [7, 11) is -0.707. The molecular weight excluding hydrogens is 163 g/mol. The third-order valence-corrected chi connectivity index (χ3v) is 2.74. The summed E-state index contributed by atoms with van der Waals surface area (Å²) in [6.07, 6.45) is 1.01. The number of hydrogen-bond donors (Lipinski definition) is 1. The van der Waals surface area contributed by atoms with Gasteiger partial charge in [-0.3, -0.25) is 0 Å². The molecule has 1 aliphatic heterocycles. The first-order chi connectivity index (χ1) is 6.24. The standard InChI is InChI=1S/C10H13BO2/c1-3-8-4-5-9-6-13-11(12)10(9)7(8)2/h4-5,12H,3,6H2,1-2H3. The third-order valence-electron chi connectivity index (χ3n) is 2.74. The summed E-state index contributed by atoms with van der Waals surface area (Å²) >= 11 is 0. The summed E-state index contributed by atoms with van der Waals surface area (Å²) in [5.41, 5.74) is 4.59. The van der Waals surface area contributed by atoms with E-state index in [1.54, 1.807) is 0 Å². The van der Waals surface area contributed by atoms with Crippen LogP contribution in [0, 0.1) is 6.92 Å². The summed E-state index contributed by atoms with van der Waals surface area (Å²) in [5.74, 6) is 0. The summed E-state index contributed by atoms with van der Waals surface area (Å²) in [6, 6.07) is 4.17. The van der Waals surface area contributed by atoms with Crippen LogP contribution in [0.15, 0.2) is 12.1 Å². The minimum absolute atomic E-state index is 0.543. The first-order valence-corrected chi connectivity index (χ1v) is 4.65. The number of aryl methyl sites for hydroxylation is 1. The molecule has 0 amide bonds. The lowest BCUT2D eigenvalue weighted by Crippen LogP contribution is -2.31. The third kappa shape index (κ3) is 1.28. The van der Waals surface area contributed by atoms with E-state index in [0.29, 0.717) is 6.61 Å². The van der Waals surface area contributed by atoms with Crippen LogP contribution in [0.4, 0.5) is 0 Å². The average molecular weight is 176 g/mol. The van der Waals surface area contributed by atoms with Crippen molar-refractivity contribution in [3.05, 3.63) is 28.8 Å². The molecule has 13 heavy (non-hydrogen) atoms. The van der Waals surface area contributed by atoms with Crippen molar-refractivity contribution in [2.45, 2.75) is 26.9 Å². The van der Waals surface area contributed by atoms with Gasteiger partial charge in [0.15, 0.2) is 0 Å². The van der Waals surface area contributed by atoms with Crippen LogP contribution in [0.1, 0.15) is 23.6 Å². The van der Waals surface area contributed by atoms with Crippen molar-refractivity contribution in [1.82, 2.24) is 0 Å². The zero-order chi connectivity index (χ0) is 9.42. The van der Waals surface area contributed by atoms with Gasteiger partial charge < -0.3 is 9.68 Å². The van der Waals surface area contributed by atoms with Crippen molar-refractivity contribution in [3.63, 3.8) is 0 Å². The lowest BCUT2D eigenvalue weighted by atomic mass is 9.75. The van der Waals surface area contributed by atoms with Crippen LogP contribution in [-0.4, -0.2) is 12.1 Å². The highest BCUT2D eigenvalue weighted by Crippen LogP contribution is 2.16. The maximum Gasteiger partial charge on any atom is 0.492 e. The maximum absolute atomic E-state index is 9.56. The molecule has 3 heteroatoms. The van der Waals surface area contributed by atoms with Crippen LogP contribution in [0.25, 0.3) is 0 Å². The molecule has 2 rings (SSSR count). The van der Waals surface area contributed by atoms with E-state index < -0.39 is 7.12 Å². The molecule has 0 fully saturated rings. The average Bonchev–Trinajstić information content (AvgIpc) is 2.49. The Hall–Kier alpha value is -0.795. The van der Waals surface area contributed by atoms with E-state index in [1.165, 1.54) is 11.1 Å². The molecule has 0 saturated heterocycles. The van der Waals surface area contributed by atoms with Gasteiger partial charge in [-0.1, -0.05) is 19.1 Å². The minimum Gasteiger partial charge on any atom is -0.423 e. The summed E-state index contributed by atoms with van der Waals surface area (Å²) in [4.78, 5) is 0. The van der Waals surface area contributed by atoms with E-state index in [4.69, 9.17) is 4.65 Å². The van der Waals surface area contributed by atoms with Crippen LogP contribution in [0.5, 0.6) is 0 Å². The number of hydrogen-bond acceptors (Lipinski definition) is 2. The number of benzene rings is 1. The van der Waals surface area contributed by atoms with Gasteiger partial charge in [-0.25, -0.2) is 0 Å². The van der Waals surface area contributed by atoms with E-state index in [9.17, 15) is 5.02 Å². The van der Waals surface area contributed by atoms with Crippen molar-refractivity contribution in [1.29, 1.82) is 0 Å². The Morgan fingerprint density at radius 3 is 3.00 bits per heavy atom. The predicted molar refractivity (Wildman–Crippen MR) is 53.0 cm³/mol. The Kier molecular flexibility index (Phi) is 2.14. The highest BCUT2D eigenvalue weighted by molar-refractivity contribution is 6.62. The van der Waals surface area contributed by atoms with Gasteiger partial charge in [0.05, 0.1) is 6.61 Å². The SMILES string of the molecule is CCc1ccc2c(c1C)B(O)OC2. The normalized spacial score (nSPS) is 14.8. The van der Waals surface area contributed by atoms with Gasteiger partial charge in [0.1, 0.15) is 0 Å². The molecular formula is C10H13BO2. The van der Waals surface area contributed by atoms with Gasteiger partial charge in [-0.05, 0) is 35.5 Å². The van der Waals surface area contributed by atoms with Crippen LogP contribution in [0.2, 0.25) is 0 Å².